The SMILES string of the molecule is COc1ccc(S(=O)(=O)Nc2ccc3cn[nH]c3c2)cc1Cl. The summed E-state index contributed by atoms with van der Waals surface area (Å²) in [6.07, 6.45) is 1.66. The Morgan fingerprint density at radius 3 is 2.77 bits per heavy atom. The Morgan fingerprint density at radius 1 is 1.23 bits per heavy atom. The van der Waals surface area contributed by atoms with Crippen LogP contribution in [0.15, 0.2) is 47.5 Å². The number of sulfonamides is 1. The van der Waals surface area contributed by atoms with Crippen LogP contribution in [0.5, 0.6) is 5.75 Å². The predicted octanol–water partition coefficient (Wildman–Crippen LogP) is 3.03. The number of H-pyrrole nitrogens is 1. The zero-order chi connectivity index (χ0) is 15.7. The topological polar surface area (TPSA) is 84.1 Å². The van der Waals surface area contributed by atoms with Gasteiger partial charge in [-0.2, -0.15) is 5.10 Å². The number of anilines is 1. The first kappa shape index (κ1) is 14.7. The number of ether oxygens (including phenoxy) is 1. The predicted molar refractivity (Wildman–Crippen MR) is 84.9 cm³/mol. The van der Waals surface area contributed by atoms with Crippen LogP contribution in [-0.2, 0) is 10.0 Å². The smallest absolute Gasteiger partial charge is 0.261 e. The van der Waals surface area contributed by atoms with Gasteiger partial charge in [-0.15, -0.1) is 0 Å². The number of aromatic amines is 1. The summed E-state index contributed by atoms with van der Waals surface area (Å²) < 4.78 is 32.3. The molecule has 0 fully saturated rings. The van der Waals surface area contributed by atoms with Crippen LogP contribution in [-0.4, -0.2) is 25.7 Å². The molecule has 0 atom stereocenters. The van der Waals surface area contributed by atoms with E-state index < -0.39 is 10.0 Å². The van der Waals surface area contributed by atoms with E-state index >= 15 is 0 Å². The zero-order valence-electron chi connectivity index (χ0n) is 11.5. The Balaban J connectivity index is 1.93. The molecule has 8 heteroatoms. The molecule has 1 heterocycles. The molecule has 0 aliphatic heterocycles. The molecule has 0 aliphatic carbocycles. The third kappa shape index (κ3) is 2.72. The molecule has 0 saturated heterocycles. The van der Waals surface area contributed by atoms with Crippen molar-refractivity contribution in [2.24, 2.45) is 0 Å². The molecule has 0 saturated carbocycles. The minimum absolute atomic E-state index is 0.0583. The van der Waals surface area contributed by atoms with E-state index in [0.717, 1.165) is 10.9 Å². The summed E-state index contributed by atoms with van der Waals surface area (Å²) in [5, 5.41) is 7.81. The second-order valence-corrected chi connectivity index (χ2v) is 6.66. The second-order valence-electron chi connectivity index (χ2n) is 4.57. The molecule has 22 heavy (non-hydrogen) atoms. The highest BCUT2D eigenvalue weighted by atomic mass is 35.5. The Morgan fingerprint density at radius 2 is 2.05 bits per heavy atom. The third-order valence-corrected chi connectivity index (χ3v) is 4.80. The van der Waals surface area contributed by atoms with Crippen LogP contribution in [0, 0.1) is 0 Å². The van der Waals surface area contributed by atoms with Gasteiger partial charge >= 0.3 is 0 Å². The van der Waals surface area contributed by atoms with Gasteiger partial charge in [-0.1, -0.05) is 11.6 Å². The quantitative estimate of drug-likeness (QED) is 0.766. The van der Waals surface area contributed by atoms with Gasteiger partial charge in [-0.3, -0.25) is 9.82 Å². The molecule has 3 rings (SSSR count). The summed E-state index contributed by atoms with van der Waals surface area (Å²) in [5.74, 6) is 0.416. The maximum atomic E-state index is 12.4. The van der Waals surface area contributed by atoms with E-state index in [1.165, 1.54) is 25.3 Å². The van der Waals surface area contributed by atoms with E-state index in [0.29, 0.717) is 11.4 Å². The minimum atomic E-state index is -3.74. The number of hydrogen-bond donors (Lipinski definition) is 2. The molecular weight excluding hydrogens is 326 g/mol. The molecule has 0 bridgehead atoms. The molecule has 1 aromatic heterocycles. The van der Waals surface area contributed by atoms with E-state index in [-0.39, 0.29) is 9.92 Å². The molecular formula is C14H12ClN3O3S. The Kier molecular flexibility index (Phi) is 3.67. The monoisotopic (exact) mass is 337 g/mol. The van der Waals surface area contributed by atoms with Crippen molar-refractivity contribution < 1.29 is 13.2 Å². The molecule has 2 N–H and O–H groups in total. The normalized spacial score (nSPS) is 11.5. The molecule has 3 aromatic rings. The van der Waals surface area contributed by atoms with Crippen molar-refractivity contribution in [3.8, 4) is 5.75 Å². The molecule has 6 nitrogen and oxygen atoms in total. The van der Waals surface area contributed by atoms with Crippen molar-refractivity contribution in [3.63, 3.8) is 0 Å². The highest BCUT2D eigenvalue weighted by Gasteiger charge is 2.16. The van der Waals surface area contributed by atoms with E-state index in [9.17, 15) is 8.42 Å². The Bertz CT molecular complexity index is 937. The van der Waals surface area contributed by atoms with Gasteiger partial charge in [-0.25, -0.2) is 8.42 Å². The Hall–Kier alpha value is -2.25. The van der Waals surface area contributed by atoms with Crippen LogP contribution in [0.2, 0.25) is 5.02 Å². The molecule has 0 spiro atoms. The highest BCUT2D eigenvalue weighted by Crippen LogP contribution is 2.28. The maximum absolute atomic E-state index is 12.4. The lowest BCUT2D eigenvalue weighted by atomic mass is 10.2. The summed E-state index contributed by atoms with van der Waals surface area (Å²) in [5.41, 5.74) is 1.18. The van der Waals surface area contributed by atoms with Gasteiger partial charge in [0.25, 0.3) is 10.0 Å². The van der Waals surface area contributed by atoms with Crippen LogP contribution >= 0.6 is 11.6 Å². The third-order valence-electron chi connectivity index (χ3n) is 3.13. The zero-order valence-corrected chi connectivity index (χ0v) is 13.1. The van der Waals surface area contributed by atoms with Gasteiger partial charge in [0.1, 0.15) is 5.75 Å². The maximum Gasteiger partial charge on any atom is 0.261 e. The van der Waals surface area contributed by atoms with Crippen LogP contribution in [0.1, 0.15) is 0 Å². The van der Waals surface area contributed by atoms with Gasteiger partial charge in [-0.05, 0) is 36.4 Å². The number of halogens is 1. The van der Waals surface area contributed by atoms with Gasteiger partial charge in [0.05, 0.1) is 34.4 Å². The van der Waals surface area contributed by atoms with Gasteiger partial charge in [0.2, 0.25) is 0 Å². The number of nitrogens with zero attached hydrogens (tertiary/aromatic N) is 1. The number of nitrogens with one attached hydrogen (secondary N) is 2. The van der Waals surface area contributed by atoms with Crippen molar-refractivity contribution in [1.82, 2.24) is 10.2 Å². The average molecular weight is 338 g/mol. The summed E-state index contributed by atoms with van der Waals surface area (Å²) >= 11 is 5.97. The van der Waals surface area contributed by atoms with Crippen molar-refractivity contribution in [3.05, 3.63) is 47.6 Å². The largest absolute Gasteiger partial charge is 0.495 e. The first-order valence-corrected chi connectivity index (χ1v) is 8.15. The number of benzene rings is 2. The number of rotatable bonds is 4. The fourth-order valence-electron chi connectivity index (χ4n) is 2.03. The van der Waals surface area contributed by atoms with Crippen LogP contribution in [0.3, 0.4) is 0 Å². The van der Waals surface area contributed by atoms with E-state index in [2.05, 4.69) is 14.9 Å². The molecule has 114 valence electrons. The summed E-state index contributed by atoms with van der Waals surface area (Å²) in [4.78, 5) is 0.0583. The molecule has 0 radical (unpaired) electrons. The van der Waals surface area contributed by atoms with Crippen molar-refractivity contribution in [1.29, 1.82) is 0 Å². The van der Waals surface area contributed by atoms with E-state index in [4.69, 9.17) is 16.3 Å². The lowest BCUT2D eigenvalue weighted by Gasteiger charge is -2.10. The first-order valence-electron chi connectivity index (χ1n) is 6.29. The summed E-state index contributed by atoms with van der Waals surface area (Å²) in [6.45, 7) is 0. The van der Waals surface area contributed by atoms with E-state index in [1.54, 1.807) is 24.4 Å². The fraction of sp³-hybridized carbons (Fsp3) is 0.0714. The number of aromatic nitrogens is 2. The molecule has 2 aromatic carbocycles. The number of hydrogen-bond acceptors (Lipinski definition) is 4. The molecule has 0 aliphatic rings. The van der Waals surface area contributed by atoms with Crippen LogP contribution in [0.25, 0.3) is 10.9 Å². The second kappa shape index (κ2) is 5.51. The standard InChI is InChI=1S/C14H12ClN3O3S/c1-21-14-5-4-11(7-12(14)15)22(19,20)18-10-3-2-9-8-16-17-13(9)6-10/h2-8,18H,1H3,(H,16,17). The highest BCUT2D eigenvalue weighted by molar-refractivity contribution is 7.92. The van der Waals surface area contributed by atoms with Crippen LogP contribution in [0.4, 0.5) is 5.69 Å². The summed E-state index contributed by atoms with van der Waals surface area (Å²) in [6, 6.07) is 9.40. The van der Waals surface area contributed by atoms with Gasteiger partial charge in [0.15, 0.2) is 0 Å². The molecule has 0 amide bonds. The van der Waals surface area contributed by atoms with Crippen LogP contribution < -0.4 is 9.46 Å². The van der Waals surface area contributed by atoms with E-state index in [1.807, 2.05) is 0 Å². The lowest BCUT2D eigenvalue weighted by molar-refractivity contribution is 0.414. The lowest BCUT2D eigenvalue weighted by Crippen LogP contribution is -2.12. The minimum Gasteiger partial charge on any atom is -0.495 e. The first-order chi connectivity index (χ1) is 10.5. The van der Waals surface area contributed by atoms with Gasteiger partial charge in [0, 0.05) is 5.39 Å². The fourth-order valence-corrected chi connectivity index (χ4v) is 3.43. The van der Waals surface area contributed by atoms with Crippen molar-refractivity contribution in [2.45, 2.75) is 4.90 Å². The number of fused-ring (bicyclic) bond motifs is 1. The Labute approximate surface area is 132 Å². The van der Waals surface area contributed by atoms with Gasteiger partial charge < -0.3 is 4.74 Å². The van der Waals surface area contributed by atoms with Crippen molar-refractivity contribution >= 4 is 38.2 Å². The van der Waals surface area contributed by atoms with Crippen molar-refractivity contribution in [2.75, 3.05) is 11.8 Å². The summed E-state index contributed by atoms with van der Waals surface area (Å²) in [7, 11) is -2.27. The average Bonchev–Trinajstić information content (AvgIpc) is 2.94. The molecule has 0 unspecified atom stereocenters. The number of methoxy groups -OCH3 is 1.